The number of Topliss-reactive ketones (excluding diaryl/α,β-unsaturated/α-hetero) is 1. The van der Waals surface area contributed by atoms with Crippen LogP contribution >= 0.6 is 0 Å². The van der Waals surface area contributed by atoms with Crippen LogP contribution in [0.2, 0.25) is 0 Å². The Morgan fingerprint density at radius 2 is 1.81 bits per heavy atom. The predicted molar refractivity (Wildman–Crippen MR) is 118 cm³/mol. The summed E-state index contributed by atoms with van der Waals surface area (Å²) in [7, 11) is 0. The molecule has 1 atom stereocenters. The number of halogens is 1. The van der Waals surface area contributed by atoms with E-state index in [0.717, 1.165) is 0 Å². The second-order valence-corrected chi connectivity index (χ2v) is 7.03. The van der Waals surface area contributed by atoms with Gasteiger partial charge in [0.05, 0.1) is 11.6 Å². The minimum absolute atomic E-state index is 0.105. The lowest BCUT2D eigenvalue weighted by Crippen LogP contribution is -2.30. The van der Waals surface area contributed by atoms with E-state index in [0.29, 0.717) is 23.5 Å². The van der Waals surface area contributed by atoms with Crippen molar-refractivity contribution in [1.29, 1.82) is 0 Å². The van der Waals surface area contributed by atoms with Crippen molar-refractivity contribution in [3.8, 4) is 5.75 Å². The predicted octanol–water partition coefficient (Wildman–Crippen LogP) is 4.41. The number of ether oxygens (including phenoxy) is 1. The average molecular weight is 430 g/mol. The van der Waals surface area contributed by atoms with Crippen LogP contribution in [-0.2, 0) is 9.59 Å². The van der Waals surface area contributed by atoms with Gasteiger partial charge < -0.3 is 9.84 Å². The van der Waals surface area contributed by atoms with Gasteiger partial charge >= 0.3 is 5.91 Å². The number of benzene rings is 2. The minimum atomic E-state index is -0.970. The number of ketones is 1. The molecule has 0 spiro atoms. The SMILES string of the molecule is C=CCOc1ccc(/C(O)=C2\C(=O)C(=O)N(c3ccccn3)[C@H]2c2ccc(F)cc2)cc1. The smallest absolute Gasteiger partial charge is 0.301 e. The van der Waals surface area contributed by atoms with Gasteiger partial charge in [0.1, 0.15) is 29.8 Å². The number of aromatic nitrogens is 1. The highest BCUT2D eigenvalue weighted by Gasteiger charge is 2.47. The number of anilines is 1. The van der Waals surface area contributed by atoms with E-state index in [-0.39, 0.29) is 17.2 Å². The Morgan fingerprint density at radius 3 is 2.44 bits per heavy atom. The number of hydrogen-bond donors (Lipinski definition) is 1. The molecule has 4 rings (SSSR count). The molecule has 2 aromatic carbocycles. The highest BCUT2D eigenvalue weighted by Crippen LogP contribution is 2.41. The van der Waals surface area contributed by atoms with Crippen LogP contribution in [0.5, 0.6) is 5.75 Å². The van der Waals surface area contributed by atoms with Crippen LogP contribution < -0.4 is 9.64 Å². The Balaban J connectivity index is 1.84. The zero-order valence-corrected chi connectivity index (χ0v) is 16.9. The molecule has 1 fully saturated rings. The summed E-state index contributed by atoms with van der Waals surface area (Å²) in [5.41, 5.74) is 0.692. The third-order valence-corrected chi connectivity index (χ3v) is 5.02. The van der Waals surface area contributed by atoms with Gasteiger partial charge in [-0.2, -0.15) is 0 Å². The number of carbonyl (C=O) groups is 2. The molecule has 1 aliphatic rings. The van der Waals surface area contributed by atoms with Crippen molar-refractivity contribution in [2.24, 2.45) is 0 Å². The number of nitrogens with zero attached hydrogens (tertiary/aromatic N) is 2. The second kappa shape index (κ2) is 8.85. The standard InChI is InChI=1S/C25H19FN2O4/c1-2-15-32-19-12-8-17(9-13-19)23(29)21-22(16-6-10-18(26)11-7-16)28(25(31)24(21)30)20-5-3-4-14-27-20/h2-14,22,29H,1,15H2/b23-21+/t22-/m0/s1. The first-order valence-corrected chi connectivity index (χ1v) is 9.83. The summed E-state index contributed by atoms with van der Waals surface area (Å²) in [6, 6.07) is 15.9. The normalized spacial score (nSPS) is 17.4. The molecule has 2 heterocycles. The maximum atomic E-state index is 13.6. The average Bonchev–Trinajstić information content (AvgIpc) is 3.09. The third-order valence-electron chi connectivity index (χ3n) is 5.02. The van der Waals surface area contributed by atoms with E-state index < -0.39 is 23.5 Å². The van der Waals surface area contributed by atoms with Gasteiger partial charge in [-0.3, -0.25) is 14.5 Å². The zero-order chi connectivity index (χ0) is 22.7. The van der Waals surface area contributed by atoms with Crippen molar-refractivity contribution in [3.05, 3.63) is 108 Å². The van der Waals surface area contributed by atoms with Crippen molar-refractivity contribution < 1.29 is 23.8 Å². The Bertz CT molecular complexity index is 1190. The van der Waals surface area contributed by atoms with Gasteiger partial charge in [0.25, 0.3) is 5.78 Å². The first-order valence-electron chi connectivity index (χ1n) is 9.83. The number of hydrogen-bond acceptors (Lipinski definition) is 5. The molecule has 6 nitrogen and oxygen atoms in total. The molecule has 0 unspecified atom stereocenters. The lowest BCUT2D eigenvalue weighted by molar-refractivity contribution is -0.132. The van der Waals surface area contributed by atoms with Gasteiger partial charge in [-0.05, 0) is 54.1 Å². The topological polar surface area (TPSA) is 79.7 Å². The highest BCUT2D eigenvalue weighted by atomic mass is 19.1. The molecule has 1 N–H and O–H groups in total. The summed E-state index contributed by atoms with van der Waals surface area (Å²) in [5, 5.41) is 11.1. The van der Waals surface area contributed by atoms with Gasteiger partial charge in [-0.25, -0.2) is 9.37 Å². The molecule has 1 aliphatic heterocycles. The first-order chi connectivity index (χ1) is 15.5. The van der Waals surface area contributed by atoms with E-state index in [2.05, 4.69) is 11.6 Å². The summed E-state index contributed by atoms with van der Waals surface area (Å²) >= 11 is 0. The van der Waals surface area contributed by atoms with Gasteiger partial charge in [0.15, 0.2) is 0 Å². The number of aliphatic hydroxyl groups excluding tert-OH is 1. The molecular weight excluding hydrogens is 411 g/mol. The molecule has 0 saturated carbocycles. The Hall–Kier alpha value is -4.26. The van der Waals surface area contributed by atoms with Gasteiger partial charge in [-0.15, -0.1) is 0 Å². The molecule has 1 saturated heterocycles. The van der Waals surface area contributed by atoms with Gasteiger partial charge in [0, 0.05) is 11.8 Å². The van der Waals surface area contributed by atoms with Crippen LogP contribution in [-0.4, -0.2) is 28.4 Å². The van der Waals surface area contributed by atoms with Gasteiger partial charge in [-0.1, -0.05) is 30.9 Å². The van der Waals surface area contributed by atoms with Crippen molar-refractivity contribution in [1.82, 2.24) is 4.98 Å². The third kappa shape index (κ3) is 3.88. The highest BCUT2D eigenvalue weighted by molar-refractivity contribution is 6.51. The quantitative estimate of drug-likeness (QED) is 0.271. The zero-order valence-electron chi connectivity index (χ0n) is 16.9. The summed E-state index contributed by atoms with van der Waals surface area (Å²) in [6.45, 7) is 3.91. The summed E-state index contributed by atoms with van der Waals surface area (Å²) in [6.07, 6.45) is 3.11. The summed E-state index contributed by atoms with van der Waals surface area (Å²) in [4.78, 5) is 31.4. The molecule has 0 bridgehead atoms. The van der Waals surface area contributed by atoms with Crippen LogP contribution in [0.1, 0.15) is 17.2 Å². The molecular formula is C25H19FN2O4. The fraction of sp³-hybridized carbons (Fsp3) is 0.0800. The molecule has 160 valence electrons. The Morgan fingerprint density at radius 1 is 1.09 bits per heavy atom. The Kier molecular flexibility index (Phi) is 5.81. The fourth-order valence-electron chi connectivity index (χ4n) is 3.55. The number of pyridine rings is 1. The van der Waals surface area contributed by atoms with E-state index in [1.807, 2.05) is 0 Å². The van der Waals surface area contributed by atoms with E-state index in [9.17, 15) is 19.1 Å². The van der Waals surface area contributed by atoms with Crippen LogP contribution in [0.3, 0.4) is 0 Å². The molecule has 1 aromatic heterocycles. The number of rotatable bonds is 6. The molecule has 3 aromatic rings. The maximum Gasteiger partial charge on any atom is 0.301 e. The fourth-order valence-corrected chi connectivity index (χ4v) is 3.55. The molecule has 0 radical (unpaired) electrons. The van der Waals surface area contributed by atoms with E-state index in [1.165, 1.54) is 35.4 Å². The van der Waals surface area contributed by atoms with Crippen molar-refractivity contribution in [2.75, 3.05) is 11.5 Å². The lowest BCUT2D eigenvalue weighted by atomic mass is 9.95. The monoisotopic (exact) mass is 430 g/mol. The number of carbonyl (C=O) groups excluding carboxylic acids is 2. The van der Waals surface area contributed by atoms with Crippen LogP contribution in [0.25, 0.3) is 5.76 Å². The van der Waals surface area contributed by atoms with E-state index >= 15 is 0 Å². The van der Waals surface area contributed by atoms with E-state index in [4.69, 9.17) is 4.74 Å². The summed E-state index contributed by atoms with van der Waals surface area (Å²) < 4.78 is 19.0. The maximum absolute atomic E-state index is 13.6. The van der Waals surface area contributed by atoms with Gasteiger partial charge in [0.2, 0.25) is 0 Å². The van der Waals surface area contributed by atoms with Crippen molar-refractivity contribution >= 4 is 23.3 Å². The molecule has 0 aliphatic carbocycles. The van der Waals surface area contributed by atoms with Crippen LogP contribution in [0.15, 0.2) is 91.2 Å². The Labute approximate surface area is 183 Å². The van der Waals surface area contributed by atoms with Crippen molar-refractivity contribution in [3.63, 3.8) is 0 Å². The number of amides is 1. The minimum Gasteiger partial charge on any atom is -0.507 e. The lowest BCUT2D eigenvalue weighted by Gasteiger charge is -2.24. The largest absolute Gasteiger partial charge is 0.507 e. The van der Waals surface area contributed by atoms with Crippen molar-refractivity contribution in [2.45, 2.75) is 6.04 Å². The van der Waals surface area contributed by atoms with Crippen LogP contribution in [0, 0.1) is 5.82 Å². The molecule has 1 amide bonds. The molecule has 7 heteroatoms. The van der Waals surface area contributed by atoms with Crippen LogP contribution in [0.4, 0.5) is 10.2 Å². The number of aliphatic hydroxyl groups is 1. The molecule has 32 heavy (non-hydrogen) atoms. The second-order valence-electron chi connectivity index (χ2n) is 7.03. The summed E-state index contributed by atoms with van der Waals surface area (Å²) in [5.74, 6) is -1.67. The first kappa shape index (κ1) is 21.0. The van der Waals surface area contributed by atoms with E-state index in [1.54, 1.807) is 48.5 Å².